The largest absolute Gasteiger partial charge is 0.478 e. The molecular formula is C12H12FNO4. The van der Waals surface area contributed by atoms with Crippen LogP contribution in [0.5, 0.6) is 5.75 Å². The number of carbonyl (C=O) groups is 2. The summed E-state index contributed by atoms with van der Waals surface area (Å²) >= 11 is 0. The van der Waals surface area contributed by atoms with Crippen LogP contribution in [0.1, 0.15) is 23.7 Å². The number of benzene rings is 1. The maximum Gasteiger partial charge on any atom is 0.340 e. The highest BCUT2D eigenvalue weighted by atomic mass is 19.1. The zero-order valence-electron chi connectivity index (χ0n) is 9.95. The van der Waals surface area contributed by atoms with Crippen LogP contribution >= 0.6 is 0 Å². The minimum absolute atomic E-state index is 0.214. The van der Waals surface area contributed by atoms with Gasteiger partial charge in [-0.25, -0.2) is 9.18 Å². The van der Waals surface area contributed by atoms with Gasteiger partial charge in [-0.3, -0.25) is 4.79 Å². The van der Waals surface area contributed by atoms with Crippen LogP contribution in [0.4, 0.5) is 10.1 Å². The second-order valence-electron chi connectivity index (χ2n) is 3.82. The van der Waals surface area contributed by atoms with Gasteiger partial charge in [-0.2, -0.15) is 0 Å². The number of rotatable bonds is 2. The molecule has 0 radical (unpaired) electrons. The number of methoxy groups -OCH3 is 1. The number of amides is 1. The van der Waals surface area contributed by atoms with Crippen LogP contribution in [0.3, 0.4) is 0 Å². The van der Waals surface area contributed by atoms with Gasteiger partial charge in [0.15, 0.2) is 6.10 Å². The van der Waals surface area contributed by atoms with Gasteiger partial charge >= 0.3 is 5.97 Å². The lowest BCUT2D eigenvalue weighted by atomic mass is 10.1. The number of nitrogens with one attached hydrogen (secondary N) is 1. The summed E-state index contributed by atoms with van der Waals surface area (Å²) in [5.74, 6) is -1.65. The van der Waals surface area contributed by atoms with E-state index in [-0.39, 0.29) is 22.9 Å². The Morgan fingerprint density at radius 2 is 2.28 bits per heavy atom. The molecule has 0 fully saturated rings. The van der Waals surface area contributed by atoms with Gasteiger partial charge in [0, 0.05) is 6.07 Å². The number of halogens is 1. The van der Waals surface area contributed by atoms with E-state index in [4.69, 9.17) is 4.74 Å². The first-order valence-corrected chi connectivity index (χ1v) is 5.46. The Morgan fingerprint density at radius 3 is 2.89 bits per heavy atom. The first-order chi connectivity index (χ1) is 8.56. The zero-order chi connectivity index (χ0) is 13.3. The van der Waals surface area contributed by atoms with Crippen LogP contribution < -0.4 is 10.1 Å². The Balaban J connectivity index is 2.42. The summed E-state index contributed by atoms with van der Waals surface area (Å²) in [6, 6.07) is 2.28. The molecule has 18 heavy (non-hydrogen) atoms. The molecule has 96 valence electrons. The normalized spacial score (nSPS) is 17.5. The van der Waals surface area contributed by atoms with E-state index < -0.39 is 17.9 Å². The van der Waals surface area contributed by atoms with Crippen LogP contribution in [-0.2, 0) is 9.53 Å². The topological polar surface area (TPSA) is 64.6 Å². The van der Waals surface area contributed by atoms with Gasteiger partial charge in [-0.05, 0) is 12.5 Å². The second kappa shape index (κ2) is 4.64. The smallest absolute Gasteiger partial charge is 0.340 e. The van der Waals surface area contributed by atoms with Gasteiger partial charge in [-0.1, -0.05) is 6.92 Å². The van der Waals surface area contributed by atoms with E-state index in [0.717, 1.165) is 13.2 Å². The van der Waals surface area contributed by atoms with E-state index in [9.17, 15) is 14.0 Å². The molecule has 1 amide bonds. The summed E-state index contributed by atoms with van der Waals surface area (Å²) in [6.07, 6.45) is -0.160. The molecule has 1 aliphatic heterocycles. The van der Waals surface area contributed by atoms with Crippen molar-refractivity contribution in [3.63, 3.8) is 0 Å². The third kappa shape index (κ3) is 2.01. The first-order valence-electron chi connectivity index (χ1n) is 5.46. The molecule has 1 aromatic rings. The van der Waals surface area contributed by atoms with Crippen LogP contribution in [0.2, 0.25) is 0 Å². The minimum atomic E-state index is -0.804. The molecule has 5 nitrogen and oxygen atoms in total. The third-order valence-corrected chi connectivity index (χ3v) is 2.66. The highest BCUT2D eigenvalue weighted by Gasteiger charge is 2.28. The fourth-order valence-corrected chi connectivity index (χ4v) is 1.71. The number of ether oxygens (including phenoxy) is 2. The number of hydrogen-bond acceptors (Lipinski definition) is 4. The number of hydrogen-bond donors (Lipinski definition) is 1. The van der Waals surface area contributed by atoms with E-state index >= 15 is 0 Å². The van der Waals surface area contributed by atoms with Crippen molar-refractivity contribution >= 4 is 17.6 Å². The molecule has 1 N–H and O–H groups in total. The van der Waals surface area contributed by atoms with E-state index in [1.807, 2.05) is 0 Å². The van der Waals surface area contributed by atoms with Crippen molar-refractivity contribution in [1.82, 2.24) is 0 Å². The van der Waals surface area contributed by atoms with Crippen molar-refractivity contribution in [2.75, 3.05) is 12.4 Å². The maximum absolute atomic E-state index is 13.6. The zero-order valence-corrected chi connectivity index (χ0v) is 9.95. The molecule has 0 aromatic heterocycles. The Hall–Kier alpha value is -2.11. The lowest BCUT2D eigenvalue weighted by Crippen LogP contribution is -2.36. The lowest BCUT2D eigenvalue weighted by Gasteiger charge is -2.25. The van der Waals surface area contributed by atoms with Crippen molar-refractivity contribution in [3.8, 4) is 5.75 Å². The predicted octanol–water partition coefficient (Wildman–Crippen LogP) is 1.72. The van der Waals surface area contributed by atoms with E-state index in [1.165, 1.54) is 6.07 Å². The number of anilines is 1. The van der Waals surface area contributed by atoms with Crippen molar-refractivity contribution in [1.29, 1.82) is 0 Å². The minimum Gasteiger partial charge on any atom is -0.478 e. The lowest BCUT2D eigenvalue weighted by molar-refractivity contribution is -0.123. The van der Waals surface area contributed by atoms with Gasteiger partial charge in [0.2, 0.25) is 0 Å². The SMILES string of the molecule is CCC1Oc2cc(F)c(C(=O)OC)cc2NC1=O. The molecule has 6 heteroatoms. The third-order valence-electron chi connectivity index (χ3n) is 2.66. The molecule has 0 saturated heterocycles. The molecule has 0 aliphatic carbocycles. The fourth-order valence-electron chi connectivity index (χ4n) is 1.71. The second-order valence-corrected chi connectivity index (χ2v) is 3.82. The predicted molar refractivity (Wildman–Crippen MR) is 61.1 cm³/mol. The molecular weight excluding hydrogens is 241 g/mol. The summed E-state index contributed by atoms with van der Waals surface area (Å²) in [4.78, 5) is 22.9. The van der Waals surface area contributed by atoms with E-state index in [0.29, 0.717) is 6.42 Å². The molecule has 0 saturated carbocycles. The highest BCUT2D eigenvalue weighted by Crippen LogP contribution is 2.33. The highest BCUT2D eigenvalue weighted by molar-refractivity contribution is 6.00. The molecule has 1 unspecified atom stereocenters. The summed E-state index contributed by atoms with van der Waals surface area (Å²) in [5.41, 5.74) is 0.0293. The molecule has 1 atom stereocenters. The molecule has 1 aliphatic rings. The van der Waals surface area contributed by atoms with Gasteiger partial charge in [-0.15, -0.1) is 0 Å². The average Bonchev–Trinajstić information content (AvgIpc) is 2.37. The quantitative estimate of drug-likeness (QED) is 0.815. The van der Waals surface area contributed by atoms with Crippen LogP contribution in [0.25, 0.3) is 0 Å². The summed E-state index contributed by atoms with van der Waals surface area (Å²) in [7, 11) is 1.16. The summed E-state index contributed by atoms with van der Waals surface area (Å²) < 4.78 is 23.4. The van der Waals surface area contributed by atoms with Crippen molar-refractivity contribution < 1.29 is 23.5 Å². The molecule has 2 rings (SSSR count). The number of fused-ring (bicyclic) bond motifs is 1. The summed E-state index contributed by atoms with van der Waals surface area (Å²) in [6.45, 7) is 1.79. The van der Waals surface area contributed by atoms with Crippen molar-refractivity contribution in [3.05, 3.63) is 23.5 Å². The average molecular weight is 253 g/mol. The van der Waals surface area contributed by atoms with Crippen molar-refractivity contribution in [2.24, 2.45) is 0 Å². The van der Waals surface area contributed by atoms with Gasteiger partial charge in [0.1, 0.15) is 11.6 Å². The molecule has 1 aromatic carbocycles. The number of carbonyl (C=O) groups excluding carboxylic acids is 2. The molecule has 1 heterocycles. The Labute approximate surface area is 103 Å². The van der Waals surface area contributed by atoms with Crippen molar-refractivity contribution in [2.45, 2.75) is 19.4 Å². The van der Waals surface area contributed by atoms with Gasteiger partial charge in [0.25, 0.3) is 5.91 Å². The van der Waals surface area contributed by atoms with E-state index in [2.05, 4.69) is 10.1 Å². The standard InChI is InChI=1S/C12H12FNO4/c1-3-9-11(15)14-8-4-6(12(16)17-2)7(13)5-10(8)18-9/h4-5,9H,3H2,1-2H3,(H,14,15). The fraction of sp³-hybridized carbons (Fsp3) is 0.333. The number of esters is 1. The first kappa shape index (κ1) is 12.3. The van der Waals surface area contributed by atoms with Crippen LogP contribution in [-0.4, -0.2) is 25.1 Å². The Kier molecular flexibility index (Phi) is 3.18. The Morgan fingerprint density at radius 1 is 1.56 bits per heavy atom. The van der Waals surface area contributed by atoms with Crippen LogP contribution in [0, 0.1) is 5.82 Å². The Bertz CT molecular complexity index is 515. The van der Waals surface area contributed by atoms with Gasteiger partial charge < -0.3 is 14.8 Å². The summed E-state index contributed by atoms with van der Waals surface area (Å²) in [5, 5.41) is 2.57. The molecule has 0 spiro atoms. The van der Waals surface area contributed by atoms with Crippen LogP contribution in [0.15, 0.2) is 12.1 Å². The van der Waals surface area contributed by atoms with E-state index in [1.54, 1.807) is 6.92 Å². The molecule has 0 bridgehead atoms. The maximum atomic E-state index is 13.6. The monoisotopic (exact) mass is 253 g/mol. The van der Waals surface area contributed by atoms with Gasteiger partial charge in [0.05, 0.1) is 18.4 Å².